The standard InChI is InChI=1S/C26H31FN4O5/c1-17-3-6-23(35-2)22(13-17)31-16-18(14-25(31)33)26(34)28-19-4-5-20(27)21(15-19)29-24(32)7-8-30-9-11-36-12-10-30/h3-6,13,15,18H,7-12,14,16H2,1-2H3,(H,28,34)(H,29,32). The van der Waals surface area contributed by atoms with Crippen LogP contribution in [0.5, 0.6) is 5.75 Å². The highest BCUT2D eigenvalue weighted by Crippen LogP contribution is 2.34. The smallest absolute Gasteiger partial charge is 0.229 e. The van der Waals surface area contributed by atoms with Gasteiger partial charge in [0, 0.05) is 44.7 Å². The van der Waals surface area contributed by atoms with Crippen molar-refractivity contribution in [3.8, 4) is 5.75 Å². The second-order valence-electron chi connectivity index (χ2n) is 9.02. The molecule has 2 saturated heterocycles. The van der Waals surface area contributed by atoms with Crippen molar-refractivity contribution in [3.63, 3.8) is 0 Å². The zero-order chi connectivity index (χ0) is 25.7. The van der Waals surface area contributed by atoms with E-state index in [1.54, 1.807) is 11.0 Å². The number of halogens is 1. The number of hydrogen-bond acceptors (Lipinski definition) is 6. The summed E-state index contributed by atoms with van der Waals surface area (Å²) in [5.41, 5.74) is 1.93. The Balaban J connectivity index is 1.36. The van der Waals surface area contributed by atoms with E-state index in [1.165, 1.54) is 25.3 Å². The average Bonchev–Trinajstić information content (AvgIpc) is 3.27. The van der Waals surface area contributed by atoms with Crippen molar-refractivity contribution < 1.29 is 28.2 Å². The molecule has 0 spiro atoms. The summed E-state index contributed by atoms with van der Waals surface area (Å²) >= 11 is 0. The van der Waals surface area contributed by atoms with Crippen LogP contribution in [0.4, 0.5) is 21.5 Å². The number of benzene rings is 2. The molecule has 2 aliphatic rings. The van der Waals surface area contributed by atoms with E-state index in [4.69, 9.17) is 9.47 Å². The Hall–Kier alpha value is -3.50. The summed E-state index contributed by atoms with van der Waals surface area (Å²) in [4.78, 5) is 41.7. The number of carbonyl (C=O) groups is 3. The van der Waals surface area contributed by atoms with Crippen molar-refractivity contribution in [2.45, 2.75) is 19.8 Å². The number of aryl methyl sites for hydroxylation is 1. The van der Waals surface area contributed by atoms with Crippen LogP contribution in [-0.2, 0) is 19.1 Å². The number of morpholine rings is 1. The first-order valence-electron chi connectivity index (χ1n) is 12.0. The van der Waals surface area contributed by atoms with Gasteiger partial charge in [0.05, 0.1) is 37.6 Å². The van der Waals surface area contributed by atoms with E-state index in [9.17, 15) is 18.8 Å². The Morgan fingerprint density at radius 1 is 1.14 bits per heavy atom. The van der Waals surface area contributed by atoms with Gasteiger partial charge in [-0.3, -0.25) is 19.3 Å². The van der Waals surface area contributed by atoms with Gasteiger partial charge in [-0.1, -0.05) is 6.07 Å². The molecule has 36 heavy (non-hydrogen) atoms. The maximum Gasteiger partial charge on any atom is 0.229 e. The largest absolute Gasteiger partial charge is 0.495 e. The first kappa shape index (κ1) is 25.6. The number of hydrogen-bond donors (Lipinski definition) is 2. The fourth-order valence-electron chi connectivity index (χ4n) is 4.37. The van der Waals surface area contributed by atoms with Crippen molar-refractivity contribution >= 4 is 34.8 Å². The van der Waals surface area contributed by atoms with Crippen molar-refractivity contribution in [2.24, 2.45) is 5.92 Å². The molecule has 3 amide bonds. The molecule has 2 N–H and O–H groups in total. The van der Waals surface area contributed by atoms with Gasteiger partial charge in [-0.15, -0.1) is 0 Å². The summed E-state index contributed by atoms with van der Waals surface area (Å²) in [6.45, 7) is 5.49. The van der Waals surface area contributed by atoms with Crippen LogP contribution < -0.4 is 20.3 Å². The third-order valence-electron chi connectivity index (χ3n) is 6.39. The highest BCUT2D eigenvalue weighted by atomic mass is 19.1. The molecule has 0 radical (unpaired) electrons. The van der Waals surface area contributed by atoms with Crippen molar-refractivity contribution in [1.82, 2.24) is 4.90 Å². The summed E-state index contributed by atoms with van der Waals surface area (Å²) in [7, 11) is 1.53. The van der Waals surface area contributed by atoms with Crippen LogP contribution in [0.1, 0.15) is 18.4 Å². The zero-order valence-corrected chi connectivity index (χ0v) is 20.5. The molecule has 2 aromatic carbocycles. The first-order valence-corrected chi connectivity index (χ1v) is 12.0. The third kappa shape index (κ3) is 6.19. The van der Waals surface area contributed by atoms with Crippen molar-refractivity contribution in [1.29, 1.82) is 0 Å². The van der Waals surface area contributed by atoms with Gasteiger partial charge in [-0.2, -0.15) is 0 Å². The third-order valence-corrected chi connectivity index (χ3v) is 6.39. The molecular formula is C26H31FN4O5. The molecule has 1 atom stereocenters. The van der Waals surface area contributed by atoms with Crippen molar-refractivity contribution in [2.75, 3.05) is 62.0 Å². The number of anilines is 3. The van der Waals surface area contributed by atoms with Crippen LogP contribution in [0, 0.1) is 18.7 Å². The van der Waals surface area contributed by atoms with Gasteiger partial charge in [0.2, 0.25) is 17.7 Å². The molecule has 4 rings (SSSR count). The summed E-state index contributed by atoms with van der Waals surface area (Å²) in [6.07, 6.45) is 0.272. The lowest BCUT2D eigenvalue weighted by molar-refractivity contribution is -0.122. The molecule has 0 aliphatic carbocycles. The topological polar surface area (TPSA) is 100 Å². The summed E-state index contributed by atoms with van der Waals surface area (Å²) in [5, 5.41) is 5.34. The number of rotatable bonds is 8. The Morgan fingerprint density at radius 3 is 2.67 bits per heavy atom. The molecule has 0 bridgehead atoms. The summed E-state index contributed by atoms with van der Waals surface area (Å²) in [5.74, 6) is -1.46. The van der Waals surface area contributed by atoms with Gasteiger partial charge < -0.3 is 25.0 Å². The lowest BCUT2D eigenvalue weighted by atomic mass is 10.1. The molecule has 1 unspecified atom stereocenters. The van der Waals surface area contributed by atoms with E-state index in [1.807, 2.05) is 19.1 Å². The predicted molar refractivity (Wildman–Crippen MR) is 134 cm³/mol. The Labute approximate surface area is 209 Å². The minimum absolute atomic E-state index is 0.00611. The molecule has 2 aliphatic heterocycles. The maximum atomic E-state index is 14.3. The van der Waals surface area contributed by atoms with E-state index in [-0.39, 0.29) is 42.8 Å². The highest BCUT2D eigenvalue weighted by Gasteiger charge is 2.36. The van der Waals surface area contributed by atoms with Crippen LogP contribution in [-0.4, -0.2) is 69.1 Å². The molecule has 9 nitrogen and oxygen atoms in total. The van der Waals surface area contributed by atoms with Crippen LogP contribution in [0.25, 0.3) is 0 Å². The number of ether oxygens (including phenoxy) is 2. The van der Waals surface area contributed by atoms with Gasteiger partial charge in [-0.05, 0) is 42.8 Å². The van der Waals surface area contributed by atoms with E-state index < -0.39 is 11.7 Å². The fourth-order valence-corrected chi connectivity index (χ4v) is 4.37. The quantitative estimate of drug-likeness (QED) is 0.581. The van der Waals surface area contributed by atoms with E-state index >= 15 is 0 Å². The van der Waals surface area contributed by atoms with E-state index in [0.29, 0.717) is 36.9 Å². The zero-order valence-electron chi connectivity index (χ0n) is 20.5. The number of methoxy groups -OCH3 is 1. The monoisotopic (exact) mass is 498 g/mol. The highest BCUT2D eigenvalue weighted by molar-refractivity contribution is 6.04. The SMILES string of the molecule is COc1ccc(C)cc1N1CC(C(=O)Nc2ccc(F)c(NC(=O)CCN3CCOCC3)c2)CC1=O. The van der Waals surface area contributed by atoms with Crippen molar-refractivity contribution in [3.05, 3.63) is 47.8 Å². The van der Waals surface area contributed by atoms with E-state index in [2.05, 4.69) is 15.5 Å². The second kappa shape index (κ2) is 11.5. The molecule has 2 heterocycles. The predicted octanol–water partition coefficient (Wildman–Crippen LogP) is 2.80. The second-order valence-corrected chi connectivity index (χ2v) is 9.02. The molecule has 2 fully saturated rings. The molecule has 2 aromatic rings. The van der Waals surface area contributed by atoms with Gasteiger partial charge in [0.25, 0.3) is 0 Å². The van der Waals surface area contributed by atoms with Gasteiger partial charge in [0.1, 0.15) is 11.6 Å². The summed E-state index contributed by atoms with van der Waals surface area (Å²) in [6, 6.07) is 9.54. The molecule has 0 aromatic heterocycles. The van der Waals surface area contributed by atoms with Crippen LogP contribution >= 0.6 is 0 Å². The van der Waals surface area contributed by atoms with E-state index in [0.717, 1.165) is 18.7 Å². The van der Waals surface area contributed by atoms with Gasteiger partial charge in [-0.25, -0.2) is 4.39 Å². The first-order chi connectivity index (χ1) is 17.3. The Bertz CT molecular complexity index is 1140. The molecule has 10 heteroatoms. The van der Waals surface area contributed by atoms with Crippen LogP contribution in [0.3, 0.4) is 0 Å². The molecule has 0 saturated carbocycles. The Kier molecular flexibility index (Phi) is 8.17. The number of nitrogens with one attached hydrogen (secondary N) is 2. The van der Waals surface area contributed by atoms with Crippen LogP contribution in [0.15, 0.2) is 36.4 Å². The molecule has 192 valence electrons. The minimum atomic E-state index is -0.596. The van der Waals surface area contributed by atoms with Gasteiger partial charge >= 0.3 is 0 Å². The lowest BCUT2D eigenvalue weighted by Gasteiger charge is -2.26. The normalized spacial score (nSPS) is 18.2. The molecular weight excluding hydrogens is 467 g/mol. The van der Waals surface area contributed by atoms with Gasteiger partial charge in [0.15, 0.2) is 0 Å². The maximum absolute atomic E-state index is 14.3. The minimum Gasteiger partial charge on any atom is -0.495 e. The average molecular weight is 499 g/mol. The lowest BCUT2D eigenvalue weighted by Crippen LogP contribution is -2.38. The Morgan fingerprint density at radius 2 is 1.92 bits per heavy atom. The number of nitrogens with zero attached hydrogens (tertiary/aromatic N) is 2. The fraction of sp³-hybridized carbons (Fsp3) is 0.423. The number of amides is 3. The van der Waals surface area contributed by atoms with Crippen LogP contribution in [0.2, 0.25) is 0 Å². The number of carbonyl (C=O) groups excluding carboxylic acids is 3. The summed E-state index contributed by atoms with van der Waals surface area (Å²) < 4.78 is 25.0.